The molecule has 1 heterocycles. The molecule has 0 amide bonds. The molecule has 0 saturated heterocycles. The van der Waals surface area contributed by atoms with Crippen molar-refractivity contribution in [1.29, 1.82) is 0 Å². The highest BCUT2D eigenvalue weighted by atomic mass is 16.5. The first-order valence-electron chi connectivity index (χ1n) is 5.36. The van der Waals surface area contributed by atoms with Gasteiger partial charge in [0.15, 0.2) is 0 Å². The van der Waals surface area contributed by atoms with E-state index in [2.05, 4.69) is 30.1 Å². The van der Waals surface area contributed by atoms with E-state index in [0.29, 0.717) is 5.92 Å². The molecule has 0 N–H and O–H groups in total. The molecule has 0 radical (unpaired) electrons. The first kappa shape index (κ1) is 10.7. The van der Waals surface area contributed by atoms with Crippen LogP contribution in [0.1, 0.15) is 24.1 Å². The summed E-state index contributed by atoms with van der Waals surface area (Å²) in [5, 5.41) is 0. The second-order valence-electron chi connectivity index (χ2n) is 3.75. The van der Waals surface area contributed by atoms with Crippen molar-refractivity contribution in [3.05, 3.63) is 59.9 Å². The predicted octanol–water partition coefficient (Wildman–Crippen LogP) is 3.24. The number of rotatable bonds is 3. The van der Waals surface area contributed by atoms with Crippen LogP contribution in [0.25, 0.3) is 0 Å². The van der Waals surface area contributed by atoms with E-state index in [4.69, 9.17) is 4.74 Å². The lowest BCUT2D eigenvalue weighted by Gasteiger charge is -2.11. The van der Waals surface area contributed by atoms with Gasteiger partial charge in [-0.3, -0.25) is 4.98 Å². The first-order valence-corrected chi connectivity index (χ1v) is 5.36. The largest absolute Gasteiger partial charge is 0.497 e. The van der Waals surface area contributed by atoms with Gasteiger partial charge in [-0.1, -0.05) is 25.1 Å². The summed E-state index contributed by atoms with van der Waals surface area (Å²) in [7, 11) is 1.68. The highest BCUT2D eigenvalue weighted by molar-refractivity contribution is 5.33. The molecule has 1 aromatic heterocycles. The quantitative estimate of drug-likeness (QED) is 0.780. The zero-order valence-corrected chi connectivity index (χ0v) is 9.55. The molecule has 2 rings (SSSR count). The average Bonchev–Trinajstić information content (AvgIpc) is 2.39. The van der Waals surface area contributed by atoms with E-state index in [0.717, 1.165) is 11.4 Å². The molecule has 16 heavy (non-hydrogen) atoms. The van der Waals surface area contributed by atoms with Crippen molar-refractivity contribution in [2.45, 2.75) is 12.8 Å². The Balaban J connectivity index is 2.24. The van der Waals surface area contributed by atoms with Crippen LogP contribution in [0.5, 0.6) is 5.75 Å². The molecule has 82 valence electrons. The van der Waals surface area contributed by atoms with Gasteiger partial charge in [0.2, 0.25) is 0 Å². The molecule has 1 atom stereocenters. The number of hydrogen-bond donors (Lipinski definition) is 0. The lowest BCUT2D eigenvalue weighted by atomic mass is 9.97. The summed E-state index contributed by atoms with van der Waals surface area (Å²) in [6.07, 6.45) is 1.83. The van der Waals surface area contributed by atoms with Crippen molar-refractivity contribution in [2.24, 2.45) is 0 Å². The third kappa shape index (κ3) is 2.22. The van der Waals surface area contributed by atoms with Gasteiger partial charge in [0.25, 0.3) is 0 Å². The van der Waals surface area contributed by atoms with Gasteiger partial charge in [-0.05, 0) is 29.8 Å². The Morgan fingerprint density at radius 2 is 1.81 bits per heavy atom. The minimum atomic E-state index is 0.312. The summed E-state index contributed by atoms with van der Waals surface area (Å²) in [5.41, 5.74) is 2.34. The highest BCUT2D eigenvalue weighted by Crippen LogP contribution is 2.23. The van der Waals surface area contributed by atoms with Crippen molar-refractivity contribution >= 4 is 0 Å². The van der Waals surface area contributed by atoms with E-state index in [1.165, 1.54) is 5.56 Å². The molecule has 0 saturated carbocycles. The summed E-state index contributed by atoms with van der Waals surface area (Å²) in [6.45, 7) is 2.16. The van der Waals surface area contributed by atoms with Crippen molar-refractivity contribution in [1.82, 2.24) is 4.98 Å². The molecule has 2 heteroatoms. The van der Waals surface area contributed by atoms with Gasteiger partial charge in [-0.15, -0.1) is 0 Å². The van der Waals surface area contributed by atoms with Gasteiger partial charge in [0.05, 0.1) is 7.11 Å². The third-order valence-corrected chi connectivity index (χ3v) is 2.75. The fourth-order valence-electron chi connectivity index (χ4n) is 1.70. The Labute approximate surface area is 95.9 Å². The number of pyridine rings is 1. The van der Waals surface area contributed by atoms with Crippen LogP contribution < -0.4 is 4.74 Å². The van der Waals surface area contributed by atoms with Gasteiger partial charge in [0, 0.05) is 17.8 Å². The van der Waals surface area contributed by atoms with E-state index < -0.39 is 0 Å². The summed E-state index contributed by atoms with van der Waals surface area (Å²) in [4.78, 5) is 4.37. The Morgan fingerprint density at radius 3 is 2.38 bits per heavy atom. The van der Waals surface area contributed by atoms with Gasteiger partial charge in [-0.2, -0.15) is 0 Å². The lowest BCUT2D eigenvalue weighted by molar-refractivity contribution is 0.414. The maximum atomic E-state index is 5.14. The van der Waals surface area contributed by atoms with E-state index in [1.54, 1.807) is 7.11 Å². The van der Waals surface area contributed by atoms with Crippen molar-refractivity contribution in [3.63, 3.8) is 0 Å². The van der Waals surface area contributed by atoms with Crippen molar-refractivity contribution in [2.75, 3.05) is 7.11 Å². The van der Waals surface area contributed by atoms with Crippen LogP contribution >= 0.6 is 0 Å². The third-order valence-electron chi connectivity index (χ3n) is 2.75. The van der Waals surface area contributed by atoms with E-state index in [1.807, 2.05) is 30.5 Å². The fraction of sp³-hybridized carbons (Fsp3) is 0.214. The minimum Gasteiger partial charge on any atom is -0.497 e. The number of aromatic nitrogens is 1. The van der Waals surface area contributed by atoms with Gasteiger partial charge in [0.1, 0.15) is 5.75 Å². The average molecular weight is 213 g/mol. The van der Waals surface area contributed by atoms with Crippen LogP contribution in [0, 0.1) is 0 Å². The molecule has 0 spiro atoms. The molecule has 0 unspecified atom stereocenters. The number of hydrogen-bond acceptors (Lipinski definition) is 2. The van der Waals surface area contributed by atoms with Crippen LogP contribution in [0.15, 0.2) is 48.7 Å². The Kier molecular flexibility index (Phi) is 3.20. The predicted molar refractivity (Wildman–Crippen MR) is 64.7 cm³/mol. The summed E-state index contributed by atoms with van der Waals surface area (Å²) in [5.74, 6) is 1.20. The molecular weight excluding hydrogens is 198 g/mol. The normalized spacial score (nSPS) is 12.1. The van der Waals surface area contributed by atoms with E-state index in [-0.39, 0.29) is 0 Å². The molecule has 0 aliphatic carbocycles. The van der Waals surface area contributed by atoms with Gasteiger partial charge in [-0.25, -0.2) is 0 Å². The molecule has 0 aliphatic heterocycles. The molecule has 0 aliphatic rings. The zero-order valence-electron chi connectivity index (χ0n) is 9.55. The van der Waals surface area contributed by atoms with Crippen LogP contribution in [0.4, 0.5) is 0 Å². The highest BCUT2D eigenvalue weighted by Gasteiger charge is 2.08. The second kappa shape index (κ2) is 4.79. The number of nitrogens with zero attached hydrogens (tertiary/aromatic N) is 1. The summed E-state index contributed by atoms with van der Waals surface area (Å²) >= 11 is 0. The molecule has 2 aromatic rings. The summed E-state index contributed by atoms with van der Waals surface area (Å²) < 4.78 is 5.14. The SMILES string of the molecule is COc1ccc([C@H](C)c2ccccn2)cc1. The minimum absolute atomic E-state index is 0.312. The van der Waals surface area contributed by atoms with E-state index >= 15 is 0 Å². The number of benzene rings is 1. The standard InChI is InChI=1S/C14H15NO/c1-11(14-5-3-4-10-15-14)12-6-8-13(16-2)9-7-12/h3-11H,1-2H3/t11-/m0/s1. The van der Waals surface area contributed by atoms with Crippen molar-refractivity contribution in [3.8, 4) is 5.75 Å². The van der Waals surface area contributed by atoms with Gasteiger partial charge < -0.3 is 4.74 Å². The molecule has 2 nitrogen and oxygen atoms in total. The van der Waals surface area contributed by atoms with Crippen LogP contribution in [0.3, 0.4) is 0 Å². The van der Waals surface area contributed by atoms with Crippen LogP contribution in [-0.4, -0.2) is 12.1 Å². The molecular formula is C14H15NO. The van der Waals surface area contributed by atoms with Crippen LogP contribution in [0.2, 0.25) is 0 Å². The van der Waals surface area contributed by atoms with Crippen molar-refractivity contribution < 1.29 is 4.74 Å². The Morgan fingerprint density at radius 1 is 1.06 bits per heavy atom. The molecule has 0 bridgehead atoms. The van der Waals surface area contributed by atoms with Gasteiger partial charge >= 0.3 is 0 Å². The number of ether oxygens (including phenoxy) is 1. The molecule has 0 fully saturated rings. The van der Waals surface area contributed by atoms with Crippen LogP contribution in [-0.2, 0) is 0 Å². The first-order chi connectivity index (χ1) is 7.81. The monoisotopic (exact) mass is 213 g/mol. The molecule has 1 aromatic carbocycles. The maximum Gasteiger partial charge on any atom is 0.118 e. The Hall–Kier alpha value is -1.83. The lowest BCUT2D eigenvalue weighted by Crippen LogP contribution is -1.98. The van der Waals surface area contributed by atoms with E-state index in [9.17, 15) is 0 Å². The fourth-order valence-corrected chi connectivity index (χ4v) is 1.70. The summed E-state index contributed by atoms with van der Waals surface area (Å²) in [6, 6.07) is 14.1. The Bertz CT molecular complexity index is 436. The maximum absolute atomic E-state index is 5.14. The smallest absolute Gasteiger partial charge is 0.118 e. The zero-order chi connectivity index (χ0) is 11.4. The number of methoxy groups -OCH3 is 1. The topological polar surface area (TPSA) is 22.1 Å². The second-order valence-corrected chi connectivity index (χ2v) is 3.75.